The molecule has 0 spiro atoms. The van der Waals surface area contributed by atoms with Crippen LogP contribution in [-0.4, -0.2) is 10.9 Å². The lowest BCUT2D eigenvalue weighted by Crippen LogP contribution is -1.79. The molecule has 0 aliphatic heterocycles. The van der Waals surface area contributed by atoms with Crippen LogP contribution >= 0.6 is 12.6 Å². The van der Waals surface area contributed by atoms with Crippen LogP contribution in [0.3, 0.4) is 0 Å². The summed E-state index contributed by atoms with van der Waals surface area (Å²) in [5.74, 6) is 1.18. The Bertz CT molecular complexity index is 517. The molecule has 0 radical (unpaired) electrons. The predicted molar refractivity (Wildman–Crippen MR) is 73.1 cm³/mol. The minimum absolute atomic E-state index is 0.355. The minimum Gasteiger partial charge on any atom is -0.507 e. The quantitative estimate of drug-likeness (QED) is 0.767. The van der Waals surface area contributed by atoms with E-state index in [4.69, 9.17) is 0 Å². The van der Waals surface area contributed by atoms with Gasteiger partial charge in [0.15, 0.2) is 0 Å². The van der Waals surface area contributed by atoms with Gasteiger partial charge in [0, 0.05) is 10.9 Å². The van der Waals surface area contributed by atoms with Crippen molar-refractivity contribution < 1.29 is 5.11 Å². The van der Waals surface area contributed by atoms with Gasteiger partial charge in [-0.3, -0.25) is 0 Å². The molecule has 2 rings (SSSR count). The maximum absolute atomic E-state index is 10.1. The van der Waals surface area contributed by atoms with Crippen LogP contribution in [0.4, 0.5) is 0 Å². The Kier molecular flexibility index (Phi) is 3.52. The first-order valence-electron chi connectivity index (χ1n) is 5.31. The van der Waals surface area contributed by atoms with Crippen LogP contribution in [0.25, 0.3) is 16.8 Å². The van der Waals surface area contributed by atoms with Crippen molar-refractivity contribution in [3.8, 4) is 5.75 Å². The van der Waals surface area contributed by atoms with Crippen molar-refractivity contribution >= 4 is 29.5 Å². The van der Waals surface area contributed by atoms with Crippen molar-refractivity contribution in [3.05, 3.63) is 48.0 Å². The lowest BCUT2D eigenvalue weighted by Gasteiger charge is -2.04. The number of aromatic hydroxyl groups is 1. The third-order valence-electron chi connectivity index (χ3n) is 2.52. The second-order valence-electron chi connectivity index (χ2n) is 3.64. The Balaban J connectivity index is 2.44. The van der Waals surface area contributed by atoms with Crippen molar-refractivity contribution in [2.24, 2.45) is 0 Å². The van der Waals surface area contributed by atoms with E-state index in [0.29, 0.717) is 5.75 Å². The molecule has 0 amide bonds. The molecule has 0 aliphatic rings. The van der Waals surface area contributed by atoms with Crippen molar-refractivity contribution in [2.45, 2.75) is 6.42 Å². The van der Waals surface area contributed by atoms with Gasteiger partial charge in [0.1, 0.15) is 5.75 Å². The highest BCUT2D eigenvalue weighted by Crippen LogP contribution is 2.29. The van der Waals surface area contributed by atoms with Gasteiger partial charge < -0.3 is 5.11 Å². The van der Waals surface area contributed by atoms with E-state index in [1.165, 1.54) is 0 Å². The zero-order valence-corrected chi connectivity index (χ0v) is 9.82. The smallest absolute Gasteiger partial charge is 0.130 e. The third-order valence-corrected chi connectivity index (χ3v) is 2.78. The molecule has 82 valence electrons. The number of thiol groups is 1. The Hall–Kier alpha value is -1.41. The van der Waals surface area contributed by atoms with E-state index in [1.54, 1.807) is 0 Å². The molecule has 16 heavy (non-hydrogen) atoms. The van der Waals surface area contributed by atoms with Crippen LogP contribution in [0.1, 0.15) is 12.0 Å². The van der Waals surface area contributed by atoms with Crippen LogP contribution in [0.2, 0.25) is 0 Å². The summed E-state index contributed by atoms with van der Waals surface area (Å²) in [5.41, 5.74) is 0.862. The first-order valence-corrected chi connectivity index (χ1v) is 5.94. The van der Waals surface area contributed by atoms with E-state index >= 15 is 0 Å². The maximum atomic E-state index is 10.1. The van der Waals surface area contributed by atoms with Gasteiger partial charge in [-0.05, 0) is 17.6 Å². The van der Waals surface area contributed by atoms with Gasteiger partial charge in [0.2, 0.25) is 0 Å². The SMILES string of the molecule is Oc1c(C=CCCS)ccc2ccccc12. The van der Waals surface area contributed by atoms with Crippen LogP contribution in [-0.2, 0) is 0 Å². The number of fused-ring (bicyclic) bond motifs is 1. The fourth-order valence-electron chi connectivity index (χ4n) is 1.69. The van der Waals surface area contributed by atoms with Gasteiger partial charge in [0.05, 0.1) is 0 Å². The zero-order chi connectivity index (χ0) is 11.4. The fraction of sp³-hybridized carbons (Fsp3) is 0.143. The van der Waals surface area contributed by atoms with E-state index in [0.717, 1.165) is 28.5 Å². The average molecular weight is 230 g/mol. The molecule has 0 heterocycles. The number of hydrogen-bond acceptors (Lipinski definition) is 2. The van der Waals surface area contributed by atoms with E-state index in [1.807, 2.05) is 48.6 Å². The van der Waals surface area contributed by atoms with Crippen molar-refractivity contribution in [2.75, 3.05) is 5.75 Å². The predicted octanol–water partition coefficient (Wildman–Crippen LogP) is 3.88. The Labute approximate surface area is 101 Å². The Morgan fingerprint density at radius 1 is 1.12 bits per heavy atom. The largest absolute Gasteiger partial charge is 0.507 e. The summed E-state index contributed by atoms with van der Waals surface area (Å²) in [6, 6.07) is 11.8. The normalized spacial score (nSPS) is 11.3. The first kappa shape index (κ1) is 11.1. The van der Waals surface area contributed by atoms with Crippen LogP contribution in [0.5, 0.6) is 5.75 Å². The molecule has 0 bridgehead atoms. The highest BCUT2D eigenvalue weighted by atomic mass is 32.1. The monoisotopic (exact) mass is 230 g/mol. The summed E-state index contributed by atoms with van der Waals surface area (Å²) in [6.45, 7) is 0. The zero-order valence-electron chi connectivity index (χ0n) is 8.93. The Morgan fingerprint density at radius 2 is 1.94 bits per heavy atom. The summed E-state index contributed by atoms with van der Waals surface area (Å²) in [5, 5.41) is 12.0. The molecule has 1 nitrogen and oxygen atoms in total. The average Bonchev–Trinajstić information content (AvgIpc) is 2.33. The van der Waals surface area contributed by atoms with E-state index in [9.17, 15) is 5.11 Å². The molecule has 0 fully saturated rings. The molecular weight excluding hydrogens is 216 g/mol. The molecule has 2 aromatic carbocycles. The van der Waals surface area contributed by atoms with Crippen LogP contribution in [0, 0.1) is 0 Å². The van der Waals surface area contributed by atoms with Gasteiger partial charge in [-0.15, -0.1) is 0 Å². The van der Waals surface area contributed by atoms with Gasteiger partial charge >= 0.3 is 0 Å². The first-order chi connectivity index (χ1) is 7.83. The highest BCUT2D eigenvalue weighted by molar-refractivity contribution is 7.80. The summed E-state index contributed by atoms with van der Waals surface area (Å²) in [4.78, 5) is 0. The number of rotatable bonds is 3. The summed E-state index contributed by atoms with van der Waals surface area (Å²) < 4.78 is 0. The number of allylic oxidation sites excluding steroid dienone is 1. The molecular formula is C14H14OS. The van der Waals surface area contributed by atoms with Crippen molar-refractivity contribution in [1.82, 2.24) is 0 Å². The van der Waals surface area contributed by atoms with E-state index in [-0.39, 0.29) is 0 Å². The van der Waals surface area contributed by atoms with Crippen molar-refractivity contribution in [3.63, 3.8) is 0 Å². The molecule has 0 atom stereocenters. The number of phenolic OH excluding ortho intramolecular Hbond substituents is 1. The van der Waals surface area contributed by atoms with Gasteiger partial charge in [-0.2, -0.15) is 12.6 Å². The van der Waals surface area contributed by atoms with Gasteiger partial charge in [-0.1, -0.05) is 48.6 Å². The van der Waals surface area contributed by atoms with Crippen molar-refractivity contribution in [1.29, 1.82) is 0 Å². The minimum atomic E-state index is 0.355. The Morgan fingerprint density at radius 3 is 2.75 bits per heavy atom. The molecule has 0 saturated heterocycles. The second-order valence-corrected chi connectivity index (χ2v) is 4.09. The summed E-state index contributed by atoms with van der Waals surface area (Å²) >= 11 is 4.14. The molecule has 2 aromatic rings. The standard InChI is InChI=1S/C14H14OS/c15-14-12(6-3-4-10-16)9-8-11-5-1-2-7-13(11)14/h1-3,5-9,15-16H,4,10H2. The lowest BCUT2D eigenvalue weighted by atomic mass is 10.0. The molecule has 0 aromatic heterocycles. The number of phenols is 1. The van der Waals surface area contributed by atoms with Gasteiger partial charge in [-0.25, -0.2) is 0 Å². The molecule has 2 heteroatoms. The summed E-state index contributed by atoms with van der Waals surface area (Å²) in [6.07, 6.45) is 4.88. The fourth-order valence-corrected chi connectivity index (χ4v) is 1.84. The highest BCUT2D eigenvalue weighted by Gasteiger charge is 2.02. The maximum Gasteiger partial charge on any atom is 0.130 e. The van der Waals surface area contributed by atoms with Crippen LogP contribution in [0.15, 0.2) is 42.5 Å². The molecule has 0 unspecified atom stereocenters. The number of benzene rings is 2. The second kappa shape index (κ2) is 5.08. The van der Waals surface area contributed by atoms with E-state index in [2.05, 4.69) is 12.6 Å². The molecule has 1 N–H and O–H groups in total. The third kappa shape index (κ3) is 2.22. The lowest BCUT2D eigenvalue weighted by molar-refractivity contribution is 0.480. The topological polar surface area (TPSA) is 20.2 Å². The number of hydrogen-bond donors (Lipinski definition) is 2. The van der Waals surface area contributed by atoms with Crippen LogP contribution < -0.4 is 0 Å². The molecule has 0 saturated carbocycles. The summed E-state index contributed by atoms with van der Waals surface area (Å²) in [7, 11) is 0. The van der Waals surface area contributed by atoms with Gasteiger partial charge in [0.25, 0.3) is 0 Å². The van der Waals surface area contributed by atoms with E-state index < -0.39 is 0 Å². The molecule has 0 aliphatic carbocycles.